The highest BCUT2D eigenvalue weighted by Gasteiger charge is 2.50. The van der Waals surface area contributed by atoms with Gasteiger partial charge in [0.05, 0.1) is 5.70 Å². The molecule has 0 aromatic heterocycles. The fourth-order valence-electron chi connectivity index (χ4n) is 2.59. The van der Waals surface area contributed by atoms with Gasteiger partial charge in [-0.2, -0.15) is 0 Å². The first kappa shape index (κ1) is 14.5. The molecule has 5 heteroatoms. The molecule has 1 aliphatic heterocycles. The minimum absolute atomic E-state index is 0.147. The molecule has 0 aromatic rings. The van der Waals surface area contributed by atoms with E-state index in [1.54, 1.807) is 0 Å². The summed E-state index contributed by atoms with van der Waals surface area (Å²) in [6.45, 7) is 8.02. The Morgan fingerprint density at radius 3 is 2.74 bits per heavy atom. The molecule has 1 saturated heterocycles. The second-order valence-corrected chi connectivity index (χ2v) is 5.70. The third-order valence-corrected chi connectivity index (χ3v) is 3.73. The normalized spacial score (nSPS) is 27.9. The maximum absolute atomic E-state index is 9.92. The number of rotatable bonds is 4. The molecule has 0 aromatic carbocycles. The third kappa shape index (κ3) is 2.99. The van der Waals surface area contributed by atoms with E-state index in [1.165, 1.54) is 0 Å². The third-order valence-electron chi connectivity index (χ3n) is 3.73. The second kappa shape index (κ2) is 5.61. The molecule has 2 fully saturated rings. The fraction of sp³-hybridized carbons (Fsp3) is 0.786. The Morgan fingerprint density at radius 2 is 2.21 bits per heavy atom. The topological polar surface area (TPSA) is 79.9 Å². The van der Waals surface area contributed by atoms with Crippen LogP contribution in [0, 0.1) is 5.41 Å². The van der Waals surface area contributed by atoms with Crippen LogP contribution in [-0.2, 0) is 4.74 Å². The summed E-state index contributed by atoms with van der Waals surface area (Å²) < 4.78 is 5.19. The van der Waals surface area contributed by atoms with Crippen molar-refractivity contribution in [1.29, 1.82) is 0 Å². The number of hydrogen-bond acceptors (Lipinski definition) is 5. The predicted molar refractivity (Wildman–Crippen MR) is 76.0 cm³/mol. The van der Waals surface area contributed by atoms with Gasteiger partial charge in [-0.15, -0.1) is 0 Å². The van der Waals surface area contributed by atoms with Crippen LogP contribution in [-0.4, -0.2) is 42.8 Å². The van der Waals surface area contributed by atoms with Crippen molar-refractivity contribution in [2.24, 2.45) is 16.1 Å². The molecule has 1 heterocycles. The number of aliphatic imine (C=N–C) groups is 1. The molecule has 5 nitrogen and oxygen atoms in total. The highest BCUT2D eigenvalue weighted by molar-refractivity contribution is 6.08. The summed E-state index contributed by atoms with van der Waals surface area (Å²) in [5, 5.41) is 13.3. The maximum atomic E-state index is 9.92. The highest BCUT2D eigenvalue weighted by Crippen LogP contribution is 2.50. The van der Waals surface area contributed by atoms with Crippen molar-refractivity contribution >= 4 is 5.71 Å². The average molecular weight is 267 g/mol. The van der Waals surface area contributed by atoms with Crippen molar-refractivity contribution in [3.63, 3.8) is 0 Å². The number of hydrogen-bond donors (Lipinski definition) is 3. The summed E-state index contributed by atoms with van der Waals surface area (Å²) in [5.74, 6) is 0. The fourth-order valence-corrected chi connectivity index (χ4v) is 2.59. The molecule has 0 radical (unpaired) electrons. The van der Waals surface area contributed by atoms with Gasteiger partial charge in [0.2, 0.25) is 0 Å². The summed E-state index contributed by atoms with van der Waals surface area (Å²) >= 11 is 0. The summed E-state index contributed by atoms with van der Waals surface area (Å²) in [6.07, 6.45) is 1.26. The molecular weight excluding hydrogens is 242 g/mol. The van der Waals surface area contributed by atoms with Gasteiger partial charge in [-0.1, -0.05) is 0 Å². The number of nitrogens with zero attached hydrogens (tertiary/aromatic N) is 1. The van der Waals surface area contributed by atoms with Crippen molar-refractivity contribution in [3.05, 3.63) is 11.3 Å². The summed E-state index contributed by atoms with van der Waals surface area (Å²) in [6, 6.07) is 0.234. The van der Waals surface area contributed by atoms with E-state index >= 15 is 0 Å². The number of aliphatic hydroxyl groups excluding tert-OH is 1. The molecule has 1 spiro atoms. The summed E-state index contributed by atoms with van der Waals surface area (Å²) in [4.78, 5) is 4.77. The first-order valence-corrected chi connectivity index (χ1v) is 7.07. The van der Waals surface area contributed by atoms with E-state index in [2.05, 4.69) is 19.2 Å². The Kier molecular flexibility index (Phi) is 4.28. The van der Waals surface area contributed by atoms with E-state index in [4.69, 9.17) is 15.5 Å². The first-order valence-electron chi connectivity index (χ1n) is 7.07. The van der Waals surface area contributed by atoms with Crippen LogP contribution in [0.1, 0.15) is 33.6 Å². The van der Waals surface area contributed by atoms with Crippen LogP contribution in [0.5, 0.6) is 0 Å². The van der Waals surface area contributed by atoms with E-state index in [-0.39, 0.29) is 11.5 Å². The molecule has 1 atom stereocenters. The molecule has 2 rings (SSSR count). The van der Waals surface area contributed by atoms with Gasteiger partial charge in [0.25, 0.3) is 0 Å². The Labute approximate surface area is 114 Å². The van der Waals surface area contributed by atoms with Crippen LogP contribution >= 0.6 is 0 Å². The van der Waals surface area contributed by atoms with Gasteiger partial charge in [0.15, 0.2) is 6.29 Å². The van der Waals surface area contributed by atoms with E-state index in [0.29, 0.717) is 18.8 Å². The van der Waals surface area contributed by atoms with Crippen LogP contribution in [0.3, 0.4) is 0 Å². The zero-order valence-electron chi connectivity index (χ0n) is 12.1. The summed E-state index contributed by atoms with van der Waals surface area (Å²) in [5.41, 5.74) is 8.64. The van der Waals surface area contributed by atoms with Gasteiger partial charge < -0.3 is 20.9 Å². The van der Waals surface area contributed by atoms with Gasteiger partial charge in [0, 0.05) is 42.4 Å². The SMILES string of the molecule is CCOC(O)/C(N)=C1\CNCC2(CC2)C1=NC(C)C. The van der Waals surface area contributed by atoms with E-state index in [9.17, 15) is 5.11 Å². The lowest BCUT2D eigenvalue weighted by molar-refractivity contribution is -0.0684. The molecule has 4 N–H and O–H groups in total. The van der Waals surface area contributed by atoms with Gasteiger partial charge in [0.1, 0.15) is 0 Å². The molecule has 108 valence electrons. The Morgan fingerprint density at radius 1 is 1.53 bits per heavy atom. The van der Waals surface area contributed by atoms with Crippen LogP contribution < -0.4 is 11.1 Å². The molecule has 0 bridgehead atoms. The largest absolute Gasteiger partial charge is 0.398 e. The van der Waals surface area contributed by atoms with E-state index in [0.717, 1.165) is 30.7 Å². The molecular formula is C14H25N3O2. The van der Waals surface area contributed by atoms with Crippen LogP contribution in [0.25, 0.3) is 0 Å². The summed E-state index contributed by atoms with van der Waals surface area (Å²) in [7, 11) is 0. The smallest absolute Gasteiger partial charge is 0.196 e. The van der Waals surface area contributed by atoms with Gasteiger partial charge in [-0.25, -0.2) is 0 Å². The number of piperidine rings is 1. The van der Waals surface area contributed by atoms with Crippen LogP contribution in [0.15, 0.2) is 16.3 Å². The molecule has 19 heavy (non-hydrogen) atoms. The van der Waals surface area contributed by atoms with Crippen molar-refractivity contribution in [2.45, 2.75) is 45.9 Å². The monoisotopic (exact) mass is 267 g/mol. The standard InChI is InChI=1S/C14H25N3O2/c1-4-19-13(18)11(15)10-7-16-8-14(5-6-14)12(10)17-9(2)3/h9,13,16,18H,4-8,15H2,1-3H3/b11-10-,17-12?. The van der Waals surface area contributed by atoms with Gasteiger partial charge >= 0.3 is 0 Å². The van der Waals surface area contributed by atoms with Crippen molar-refractivity contribution in [3.8, 4) is 0 Å². The quantitative estimate of drug-likeness (QED) is 0.658. The van der Waals surface area contributed by atoms with E-state index < -0.39 is 6.29 Å². The number of aliphatic hydroxyl groups is 1. The first-order chi connectivity index (χ1) is 9.00. The minimum Gasteiger partial charge on any atom is -0.398 e. The van der Waals surface area contributed by atoms with Crippen molar-refractivity contribution in [1.82, 2.24) is 5.32 Å². The Balaban J connectivity index is 2.33. The predicted octanol–water partition coefficient (Wildman–Crippen LogP) is 0.787. The Bertz CT molecular complexity index is 397. The van der Waals surface area contributed by atoms with Crippen molar-refractivity contribution < 1.29 is 9.84 Å². The lowest BCUT2D eigenvalue weighted by Gasteiger charge is -2.30. The number of ether oxygens (including phenoxy) is 1. The lowest BCUT2D eigenvalue weighted by Crippen LogP contribution is -2.43. The van der Waals surface area contributed by atoms with Crippen LogP contribution in [0.2, 0.25) is 0 Å². The molecule has 1 saturated carbocycles. The number of nitrogens with one attached hydrogen (secondary N) is 1. The highest BCUT2D eigenvalue weighted by atomic mass is 16.6. The Hall–Kier alpha value is -0.910. The van der Waals surface area contributed by atoms with Gasteiger partial charge in [-0.05, 0) is 33.6 Å². The molecule has 1 aliphatic carbocycles. The molecule has 2 aliphatic rings. The molecule has 1 unspecified atom stereocenters. The van der Waals surface area contributed by atoms with Crippen LogP contribution in [0.4, 0.5) is 0 Å². The minimum atomic E-state index is -1.03. The number of nitrogens with two attached hydrogens (primary N) is 1. The maximum Gasteiger partial charge on any atom is 0.196 e. The zero-order valence-corrected chi connectivity index (χ0v) is 12.1. The molecule has 0 amide bonds. The van der Waals surface area contributed by atoms with E-state index in [1.807, 2.05) is 6.92 Å². The van der Waals surface area contributed by atoms with Crippen molar-refractivity contribution in [2.75, 3.05) is 19.7 Å². The average Bonchev–Trinajstić information content (AvgIpc) is 3.11. The van der Waals surface area contributed by atoms with Gasteiger partial charge in [-0.3, -0.25) is 4.99 Å². The lowest BCUT2D eigenvalue weighted by atomic mass is 9.88. The zero-order chi connectivity index (χ0) is 14.0. The second-order valence-electron chi connectivity index (χ2n) is 5.70.